The van der Waals surface area contributed by atoms with Crippen LogP contribution in [0.5, 0.6) is 0 Å². The molecule has 1 unspecified atom stereocenters. The van der Waals surface area contributed by atoms with Gasteiger partial charge in [0.05, 0.1) is 6.07 Å². The van der Waals surface area contributed by atoms with E-state index >= 15 is 0 Å². The van der Waals surface area contributed by atoms with Gasteiger partial charge in [-0.2, -0.15) is 9.65 Å². The number of pyridine rings is 1. The third-order valence-electron chi connectivity index (χ3n) is 5.82. The third-order valence-corrected chi connectivity index (χ3v) is 5.82. The molecule has 1 aromatic heterocycles. The van der Waals surface area contributed by atoms with Crippen LogP contribution in [0.3, 0.4) is 0 Å². The number of amides is 1. The maximum absolute atomic E-state index is 13.4. The highest BCUT2D eigenvalue weighted by Gasteiger charge is 2.27. The van der Waals surface area contributed by atoms with Crippen molar-refractivity contribution in [3.8, 4) is 6.07 Å². The Hall–Kier alpha value is -2.16. The lowest BCUT2D eigenvalue weighted by atomic mass is 9.86. The molecule has 26 heavy (non-hydrogen) atoms. The first kappa shape index (κ1) is 18.6. The van der Waals surface area contributed by atoms with Gasteiger partial charge in [0, 0.05) is 31.6 Å². The van der Waals surface area contributed by atoms with Crippen molar-refractivity contribution in [2.45, 2.75) is 51.0 Å². The molecule has 1 amide bonds. The first-order valence-electron chi connectivity index (χ1n) is 9.67. The molecule has 2 aliphatic rings. The van der Waals surface area contributed by atoms with Crippen LogP contribution in [0.1, 0.15) is 44.9 Å². The van der Waals surface area contributed by atoms with Crippen LogP contribution in [0.15, 0.2) is 18.2 Å². The van der Waals surface area contributed by atoms with E-state index in [1.807, 2.05) is 11.0 Å². The topological polar surface area (TPSA) is 60.2 Å². The van der Waals surface area contributed by atoms with Gasteiger partial charge in [-0.05, 0) is 63.0 Å². The zero-order valence-electron chi connectivity index (χ0n) is 15.2. The predicted molar refractivity (Wildman–Crippen MR) is 97.9 cm³/mol. The molecule has 1 aliphatic carbocycles. The van der Waals surface area contributed by atoms with E-state index in [4.69, 9.17) is 5.26 Å². The summed E-state index contributed by atoms with van der Waals surface area (Å²) in [5.74, 6) is 0.915. The predicted octanol–water partition coefficient (Wildman–Crippen LogP) is 3.37. The molecule has 0 spiro atoms. The van der Waals surface area contributed by atoms with Crippen molar-refractivity contribution in [1.29, 1.82) is 5.26 Å². The minimum Gasteiger partial charge on any atom is -0.356 e. The Morgan fingerprint density at radius 2 is 2.12 bits per heavy atom. The summed E-state index contributed by atoms with van der Waals surface area (Å²) in [6.07, 6.45) is 7.80. The Kier molecular flexibility index (Phi) is 6.43. The van der Waals surface area contributed by atoms with Crippen LogP contribution in [0.25, 0.3) is 0 Å². The summed E-state index contributed by atoms with van der Waals surface area (Å²) >= 11 is 0. The van der Waals surface area contributed by atoms with Crippen molar-refractivity contribution in [2.24, 2.45) is 11.8 Å². The number of hydrogen-bond acceptors (Lipinski definition) is 4. The molecule has 140 valence electrons. The minimum absolute atomic E-state index is 0.158. The summed E-state index contributed by atoms with van der Waals surface area (Å²) in [6, 6.07) is 7.55. The highest BCUT2D eigenvalue weighted by atomic mass is 19.1. The second-order valence-corrected chi connectivity index (χ2v) is 7.54. The van der Waals surface area contributed by atoms with Gasteiger partial charge in [-0.15, -0.1) is 0 Å². The van der Waals surface area contributed by atoms with E-state index < -0.39 is 5.95 Å². The number of anilines is 1. The Bertz CT molecular complexity index is 639. The average Bonchev–Trinajstić information content (AvgIpc) is 2.69. The van der Waals surface area contributed by atoms with Crippen molar-refractivity contribution in [3.63, 3.8) is 0 Å². The summed E-state index contributed by atoms with van der Waals surface area (Å²) < 4.78 is 13.4. The largest absolute Gasteiger partial charge is 0.356 e. The van der Waals surface area contributed by atoms with Crippen LogP contribution >= 0.6 is 0 Å². The van der Waals surface area contributed by atoms with Crippen LogP contribution < -0.4 is 4.90 Å². The van der Waals surface area contributed by atoms with Crippen molar-refractivity contribution in [1.82, 2.24) is 9.88 Å². The quantitative estimate of drug-likeness (QED) is 0.578. The second kappa shape index (κ2) is 8.98. The lowest BCUT2D eigenvalue weighted by Gasteiger charge is -2.36. The number of aromatic nitrogens is 1. The van der Waals surface area contributed by atoms with Gasteiger partial charge in [0.15, 0.2) is 0 Å². The van der Waals surface area contributed by atoms with E-state index in [1.54, 1.807) is 6.07 Å². The number of piperidine rings is 1. The van der Waals surface area contributed by atoms with Crippen molar-refractivity contribution < 1.29 is 9.18 Å². The molecule has 1 saturated carbocycles. The zero-order valence-corrected chi connectivity index (χ0v) is 15.2. The molecule has 1 saturated heterocycles. The van der Waals surface area contributed by atoms with E-state index in [9.17, 15) is 9.18 Å². The van der Waals surface area contributed by atoms with Crippen molar-refractivity contribution in [3.05, 3.63) is 24.1 Å². The van der Waals surface area contributed by atoms with E-state index in [0.717, 1.165) is 71.0 Å². The van der Waals surface area contributed by atoms with Gasteiger partial charge in [0.25, 0.3) is 0 Å². The Balaban J connectivity index is 1.50. The van der Waals surface area contributed by atoms with Gasteiger partial charge in [-0.25, -0.2) is 4.98 Å². The Morgan fingerprint density at radius 1 is 1.31 bits per heavy atom. The third kappa shape index (κ3) is 4.72. The highest BCUT2D eigenvalue weighted by molar-refractivity contribution is 5.47. The van der Waals surface area contributed by atoms with Gasteiger partial charge in [0.1, 0.15) is 5.82 Å². The molecule has 6 heteroatoms. The monoisotopic (exact) mass is 358 g/mol. The number of carbonyl (C=O) groups is 1. The molecular weight excluding hydrogens is 331 g/mol. The number of carbonyl (C=O) groups excluding carboxylic acids is 1. The summed E-state index contributed by atoms with van der Waals surface area (Å²) in [4.78, 5) is 19.6. The van der Waals surface area contributed by atoms with Crippen LogP contribution in [0.4, 0.5) is 10.2 Å². The second-order valence-electron chi connectivity index (χ2n) is 7.54. The summed E-state index contributed by atoms with van der Waals surface area (Å²) in [5.41, 5.74) is 0. The summed E-state index contributed by atoms with van der Waals surface area (Å²) in [7, 11) is 0. The fourth-order valence-electron chi connectivity index (χ4n) is 4.27. The smallest absolute Gasteiger partial charge is 0.214 e. The molecule has 2 heterocycles. The van der Waals surface area contributed by atoms with E-state index in [1.165, 1.54) is 6.07 Å². The van der Waals surface area contributed by atoms with Crippen LogP contribution in [-0.4, -0.2) is 42.0 Å². The van der Waals surface area contributed by atoms with Crippen molar-refractivity contribution >= 4 is 12.2 Å². The van der Waals surface area contributed by atoms with E-state index in [-0.39, 0.29) is 12.0 Å². The van der Waals surface area contributed by atoms with Crippen molar-refractivity contribution in [2.75, 3.05) is 24.5 Å². The molecule has 2 fully saturated rings. The van der Waals surface area contributed by atoms with Gasteiger partial charge >= 0.3 is 0 Å². The summed E-state index contributed by atoms with van der Waals surface area (Å²) in [6.45, 7) is 2.54. The molecule has 0 bridgehead atoms. The van der Waals surface area contributed by atoms with Gasteiger partial charge < -0.3 is 9.80 Å². The molecule has 1 atom stereocenters. The lowest BCUT2D eigenvalue weighted by Crippen LogP contribution is -2.41. The van der Waals surface area contributed by atoms with Crippen LogP contribution in [0, 0.1) is 29.1 Å². The highest BCUT2D eigenvalue weighted by Crippen LogP contribution is 2.28. The standard InChI is InChI=1S/C20H27FN4O/c21-19-4-1-5-20(23-19)24-11-2-3-17(14-24)10-12-25(15-26)18-8-6-16(13-22)7-9-18/h1,4-5,15-18H,2-3,6-12,14H2. The molecule has 0 N–H and O–H groups in total. The number of nitrogens with zero attached hydrogens (tertiary/aromatic N) is 4. The average molecular weight is 358 g/mol. The maximum atomic E-state index is 13.4. The van der Waals surface area contributed by atoms with Gasteiger partial charge in [-0.3, -0.25) is 4.79 Å². The number of hydrogen-bond donors (Lipinski definition) is 0. The molecule has 0 aromatic carbocycles. The molecule has 1 aromatic rings. The molecular formula is C20H27FN4O. The molecule has 5 nitrogen and oxygen atoms in total. The summed E-state index contributed by atoms with van der Waals surface area (Å²) in [5, 5.41) is 9.02. The van der Waals surface area contributed by atoms with Gasteiger partial charge in [0.2, 0.25) is 12.4 Å². The Labute approximate surface area is 154 Å². The maximum Gasteiger partial charge on any atom is 0.214 e. The first-order valence-corrected chi connectivity index (χ1v) is 9.67. The number of nitriles is 1. The lowest BCUT2D eigenvalue weighted by molar-refractivity contribution is -0.121. The SMILES string of the molecule is N#CC1CCC(N(C=O)CCC2CCCN(c3cccc(F)n3)C2)CC1. The normalized spacial score (nSPS) is 26.2. The van der Waals surface area contributed by atoms with E-state index in [0.29, 0.717) is 11.7 Å². The Morgan fingerprint density at radius 3 is 2.81 bits per heavy atom. The van der Waals surface area contributed by atoms with Gasteiger partial charge in [-0.1, -0.05) is 6.07 Å². The zero-order chi connectivity index (χ0) is 18.4. The van der Waals surface area contributed by atoms with Crippen LogP contribution in [0.2, 0.25) is 0 Å². The number of halogens is 1. The fourth-order valence-corrected chi connectivity index (χ4v) is 4.27. The number of rotatable bonds is 6. The van der Waals surface area contributed by atoms with Crippen LogP contribution in [-0.2, 0) is 4.79 Å². The van der Waals surface area contributed by atoms with E-state index in [2.05, 4.69) is 16.0 Å². The first-order chi connectivity index (χ1) is 12.7. The minimum atomic E-state index is -0.440. The molecule has 3 rings (SSSR count). The molecule has 0 radical (unpaired) electrons. The fraction of sp³-hybridized carbons (Fsp3) is 0.650. The molecule has 1 aliphatic heterocycles.